The summed E-state index contributed by atoms with van der Waals surface area (Å²) in [5.41, 5.74) is 5.87. The highest BCUT2D eigenvalue weighted by Crippen LogP contribution is 2.55. The lowest BCUT2D eigenvalue weighted by Crippen LogP contribution is -2.62. The van der Waals surface area contributed by atoms with Crippen molar-refractivity contribution in [2.45, 2.75) is 46.1 Å². The molecule has 2 N–H and O–H groups in total. The molecule has 3 nitrogen and oxygen atoms in total. The van der Waals surface area contributed by atoms with E-state index in [2.05, 4.69) is 13.8 Å². The van der Waals surface area contributed by atoms with Crippen LogP contribution in [0.2, 0.25) is 0 Å². The van der Waals surface area contributed by atoms with E-state index in [1.807, 2.05) is 25.6 Å². The Morgan fingerprint density at radius 3 is 2.47 bits per heavy atom. The zero-order chi connectivity index (χ0) is 13.3. The molecule has 0 radical (unpaired) electrons. The molecule has 1 heterocycles. The van der Waals surface area contributed by atoms with Crippen LogP contribution < -0.4 is 5.73 Å². The van der Waals surface area contributed by atoms with Gasteiger partial charge >= 0.3 is 5.97 Å². The summed E-state index contributed by atoms with van der Waals surface area (Å²) in [5.74, 6) is 1.92. The molecule has 0 spiro atoms. The molecule has 1 fully saturated rings. The van der Waals surface area contributed by atoms with Gasteiger partial charge in [-0.3, -0.25) is 4.79 Å². The first-order chi connectivity index (χ1) is 7.66. The first kappa shape index (κ1) is 14.8. The summed E-state index contributed by atoms with van der Waals surface area (Å²) in [5, 5.41) is 0. The van der Waals surface area contributed by atoms with Gasteiger partial charge in [-0.25, -0.2) is 0 Å². The molecule has 1 saturated heterocycles. The number of rotatable bonds is 3. The minimum atomic E-state index is -0.391. The van der Waals surface area contributed by atoms with Gasteiger partial charge in [-0.05, 0) is 31.4 Å². The number of hydrogen-bond acceptors (Lipinski definition) is 4. The summed E-state index contributed by atoms with van der Waals surface area (Å²) in [6, 6.07) is 0. The van der Waals surface area contributed by atoms with Gasteiger partial charge in [0.1, 0.15) is 0 Å². The van der Waals surface area contributed by atoms with E-state index in [1.54, 1.807) is 0 Å². The van der Waals surface area contributed by atoms with Crippen LogP contribution in [0.5, 0.6) is 0 Å². The normalized spacial score (nSPS) is 28.8. The van der Waals surface area contributed by atoms with E-state index in [4.69, 9.17) is 10.5 Å². The molecule has 0 aliphatic carbocycles. The van der Waals surface area contributed by atoms with Gasteiger partial charge < -0.3 is 10.5 Å². The van der Waals surface area contributed by atoms with Crippen molar-refractivity contribution in [1.29, 1.82) is 0 Å². The molecule has 1 aliphatic rings. The molecule has 0 saturated carbocycles. The maximum absolute atomic E-state index is 11.7. The fourth-order valence-electron chi connectivity index (χ4n) is 2.90. The lowest BCUT2D eigenvalue weighted by Gasteiger charge is -2.56. The van der Waals surface area contributed by atoms with E-state index >= 15 is 0 Å². The van der Waals surface area contributed by atoms with Gasteiger partial charge in [0.25, 0.3) is 0 Å². The van der Waals surface area contributed by atoms with Crippen molar-refractivity contribution in [1.82, 2.24) is 0 Å². The predicted molar refractivity (Wildman–Crippen MR) is 73.1 cm³/mol. The van der Waals surface area contributed by atoms with E-state index in [0.29, 0.717) is 6.42 Å². The molecule has 1 unspecified atom stereocenters. The van der Waals surface area contributed by atoms with E-state index in [9.17, 15) is 4.79 Å². The molecule has 0 aromatic heterocycles. The molecule has 4 heteroatoms. The van der Waals surface area contributed by atoms with Crippen LogP contribution in [0.25, 0.3) is 0 Å². The van der Waals surface area contributed by atoms with Crippen LogP contribution in [0.1, 0.15) is 40.5 Å². The topological polar surface area (TPSA) is 52.3 Å². The predicted octanol–water partition coefficient (Wildman–Crippen LogP) is 2.44. The van der Waals surface area contributed by atoms with Crippen molar-refractivity contribution in [3.8, 4) is 0 Å². The van der Waals surface area contributed by atoms with Crippen LogP contribution in [-0.4, -0.2) is 30.1 Å². The van der Waals surface area contributed by atoms with Crippen molar-refractivity contribution in [3.05, 3.63) is 0 Å². The number of ether oxygens (including phenoxy) is 1. The fourth-order valence-corrected chi connectivity index (χ4v) is 4.92. The molecule has 0 aromatic rings. The first-order valence-corrected chi connectivity index (χ1v) is 7.25. The largest absolute Gasteiger partial charge is 0.469 e. The van der Waals surface area contributed by atoms with Gasteiger partial charge in [-0.2, -0.15) is 11.8 Å². The van der Waals surface area contributed by atoms with E-state index in [0.717, 1.165) is 17.9 Å². The lowest BCUT2D eigenvalue weighted by molar-refractivity contribution is -0.147. The van der Waals surface area contributed by atoms with Crippen molar-refractivity contribution in [3.63, 3.8) is 0 Å². The van der Waals surface area contributed by atoms with E-state index in [-0.39, 0.29) is 16.8 Å². The van der Waals surface area contributed by atoms with Crippen LogP contribution in [0.15, 0.2) is 0 Å². The smallest absolute Gasteiger partial charge is 0.306 e. The Morgan fingerprint density at radius 2 is 2.06 bits per heavy atom. The third kappa shape index (κ3) is 2.63. The molecule has 1 aliphatic heterocycles. The van der Waals surface area contributed by atoms with Gasteiger partial charge in [0.05, 0.1) is 13.5 Å². The molecule has 0 aromatic carbocycles. The second-order valence-electron chi connectivity index (χ2n) is 6.24. The molecule has 1 atom stereocenters. The number of hydrogen-bond donors (Lipinski definition) is 1. The summed E-state index contributed by atoms with van der Waals surface area (Å²) in [6.07, 6.45) is 1.50. The lowest BCUT2D eigenvalue weighted by atomic mass is 9.55. The zero-order valence-electron chi connectivity index (χ0n) is 11.6. The highest BCUT2D eigenvalue weighted by atomic mass is 32.2. The van der Waals surface area contributed by atoms with Crippen LogP contribution in [0, 0.1) is 10.8 Å². The SMILES string of the molecule is COC(=O)CC1(C(C)(C)N)CSCCC1(C)C. The minimum Gasteiger partial charge on any atom is -0.469 e. The highest BCUT2D eigenvalue weighted by molar-refractivity contribution is 7.99. The Kier molecular flexibility index (Phi) is 4.20. The Labute approximate surface area is 109 Å². The highest BCUT2D eigenvalue weighted by Gasteiger charge is 2.55. The van der Waals surface area contributed by atoms with Gasteiger partial charge in [-0.1, -0.05) is 13.8 Å². The number of carbonyl (C=O) groups is 1. The average molecular weight is 259 g/mol. The Bertz CT molecular complexity index is 296. The van der Waals surface area contributed by atoms with Gasteiger partial charge in [-0.15, -0.1) is 0 Å². The standard InChI is InChI=1S/C13H25NO2S/c1-11(2)6-7-17-9-13(11,12(3,4)14)8-10(15)16-5/h6-9,14H2,1-5H3. The first-order valence-electron chi connectivity index (χ1n) is 6.10. The molecule has 0 amide bonds. The maximum atomic E-state index is 11.7. The molecule has 1 rings (SSSR count). The number of methoxy groups -OCH3 is 1. The zero-order valence-corrected chi connectivity index (χ0v) is 12.4. The molecule has 100 valence electrons. The second kappa shape index (κ2) is 4.81. The summed E-state index contributed by atoms with van der Waals surface area (Å²) < 4.78 is 4.86. The van der Waals surface area contributed by atoms with Crippen molar-refractivity contribution in [2.75, 3.05) is 18.6 Å². The van der Waals surface area contributed by atoms with E-state index < -0.39 is 5.54 Å². The third-order valence-electron chi connectivity index (χ3n) is 4.42. The van der Waals surface area contributed by atoms with Gasteiger partial charge in [0.15, 0.2) is 0 Å². The summed E-state index contributed by atoms with van der Waals surface area (Å²) in [4.78, 5) is 11.7. The van der Waals surface area contributed by atoms with Crippen LogP contribution in [0.4, 0.5) is 0 Å². The quantitative estimate of drug-likeness (QED) is 0.791. The second-order valence-corrected chi connectivity index (χ2v) is 7.35. The van der Waals surface area contributed by atoms with Crippen molar-refractivity contribution < 1.29 is 9.53 Å². The minimum absolute atomic E-state index is 0.0602. The number of thioether (sulfide) groups is 1. The van der Waals surface area contributed by atoms with Crippen molar-refractivity contribution in [2.24, 2.45) is 16.6 Å². The number of esters is 1. The van der Waals surface area contributed by atoms with E-state index in [1.165, 1.54) is 7.11 Å². The van der Waals surface area contributed by atoms with Crippen LogP contribution in [0.3, 0.4) is 0 Å². The van der Waals surface area contributed by atoms with Crippen molar-refractivity contribution >= 4 is 17.7 Å². The fraction of sp³-hybridized carbons (Fsp3) is 0.923. The Hall–Kier alpha value is -0.220. The van der Waals surface area contributed by atoms with Crippen LogP contribution >= 0.6 is 11.8 Å². The summed E-state index contributed by atoms with van der Waals surface area (Å²) in [7, 11) is 1.45. The maximum Gasteiger partial charge on any atom is 0.306 e. The van der Waals surface area contributed by atoms with Crippen LogP contribution in [-0.2, 0) is 9.53 Å². The number of nitrogens with two attached hydrogens (primary N) is 1. The summed E-state index contributed by atoms with van der Waals surface area (Å²) >= 11 is 1.90. The Balaban J connectivity index is 3.13. The average Bonchev–Trinajstić information content (AvgIpc) is 2.19. The Morgan fingerprint density at radius 1 is 1.47 bits per heavy atom. The van der Waals surface area contributed by atoms with Gasteiger partial charge in [0, 0.05) is 16.7 Å². The monoisotopic (exact) mass is 259 g/mol. The third-order valence-corrected chi connectivity index (χ3v) is 5.61. The number of carbonyl (C=O) groups excluding carboxylic acids is 1. The summed E-state index contributed by atoms with van der Waals surface area (Å²) in [6.45, 7) is 8.52. The molecular weight excluding hydrogens is 234 g/mol. The molecular formula is C13H25NO2S. The van der Waals surface area contributed by atoms with Gasteiger partial charge in [0.2, 0.25) is 0 Å². The molecule has 17 heavy (non-hydrogen) atoms. The molecule has 0 bridgehead atoms.